The van der Waals surface area contributed by atoms with Crippen LogP contribution in [0.5, 0.6) is 0 Å². The molecule has 0 aliphatic carbocycles. The quantitative estimate of drug-likeness (QED) is 0.807. The summed E-state index contributed by atoms with van der Waals surface area (Å²) in [6, 6.07) is 4.18. The normalized spacial score (nSPS) is 12.7. The standard InChI is InChI=1S/C11H10F2N2/c1-7(10-5-14-6-15-10)8-3-2-4-9(12)11(8)13/h2-7H,1H3,(H,14,15)/t7-/m0/s1. The van der Waals surface area contributed by atoms with E-state index in [2.05, 4.69) is 9.97 Å². The van der Waals surface area contributed by atoms with Gasteiger partial charge in [0, 0.05) is 17.8 Å². The number of nitrogens with one attached hydrogen (secondary N) is 1. The molecule has 0 amide bonds. The number of benzene rings is 1. The average molecular weight is 208 g/mol. The molecule has 0 radical (unpaired) electrons. The Kier molecular flexibility index (Phi) is 2.49. The first kappa shape index (κ1) is 9.83. The van der Waals surface area contributed by atoms with Gasteiger partial charge in [0.25, 0.3) is 0 Å². The predicted molar refractivity (Wildman–Crippen MR) is 52.5 cm³/mol. The maximum absolute atomic E-state index is 13.4. The summed E-state index contributed by atoms with van der Waals surface area (Å²) in [5, 5.41) is 0. The summed E-state index contributed by atoms with van der Waals surface area (Å²) in [4.78, 5) is 6.73. The number of rotatable bonds is 2. The number of hydrogen-bond acceptors (Lipinski definition) is 1. The van der Waals surface area contributed by atoms with Gasteiger partial charge in [0.1, 0.15) is 0 Å². The molecule has 2 nitrogen and oxygen atoms in total. The third-order valence-corrected chi connectivity index (χ3v) is 2.43. The number of halogens is 2. The Hall–Kier alpha value is -1.71. The van der Waals surface area contributed by atoms with E-state index in [0.29, 0.717) is 5.56 Å². The van der Waals surface area contributed by atoms with E-state index in [9.17, 15) is 8.78 Å². The van der Waals surface area contributed by atoms with Crippen molar-refractivity contribution in [3.63, 3.8) is 0 Å². The van der Waals surface area contributed by atoms with Crippen molar-refractivity contribution in [3.05, 3.63) is 53.6 Å². The highest BCUT2D eigenvalue weighted by Gasteiger charge is 2.16. The van der Waals surface area contributed by atoms with Crippen LogP contribution in [0.4, 0.5) is 8.78 Å². The predicted octanol–water partition coefficient (Wildman–Crippen LogP) is 2.84. The van der Waals surface area contributed by atoms with Crippen molar-refractivity contribution in [3.8, 4) is 0 Å². The summed E-state index contributed by atoms with van der Waals surface area (Å²) >= 11 is 0. The minimum atomic E-state index is -0.820. The van der Waals surface area contributed by atoms with E-state index in [4.69, 9.17) is 0 Å². The number of imidazole rings is 1. The molecule has 1 atom stereocenters. The van der Waals surface area contributed by atoms with E-state index in [1.165, 1.54) is 12.4 Å². The SMILES string of the molecule is C[C@H](c1cnc[nH]1)c1cccc(F)c1F. The van der Waals surface area contributed by atoms with Crippen molar-refractivity contribution < 1.29 is 8.78 Å². The van der Waals surface area contributed by atoms with Crippen LogP contribution in [0.15, 0.2) is 30.7 Å². The molecule has 0 fully saturated rings. The highest BCUT2D eigenvalue weighted by atomic mass is 19.2. The van der Waals surface area contributed by atoms with Crippen molar-refractivity contribution in [2.75, 3.05) is 0 Å². The summed E-state index contributed by atoms with van der Waals surface area (Å²) in [5.41, 5.74) is 1.10. The van der Waals surface area contributed by atoms with Gasteiger partial charge < -0.3 is 4.98 Å². The summed E-state index contributed by atoms with van der Waals surface area (Å²) in [7, 11) is 0. The van der Waals surface area contributed by atoms with Crippen LogP contribution >= 0.6 is 0 Å². The lowest BCUT2D eigenvalue weighted by atomic mass is 9.98. The number of aromatic amines is 1. The summed E-state index contributed by atoms with van der Waals surface area (Å²) in [5.74, 6) is -1.85. The molecule has 2 rings (SSSR count). The fraction of sp³-hybridized carbons (Fsp3) is 0.182. The van der Waals surface area contributed by atoms with Crippen LogP contribution in [-0.4, -0.2) is 9.97 Å². The largest absolute Gasteiger partial charge is 0.348 e. The zero-order valence-electron chi connectivity index (χ0n) is 8.17. The van der Waals surface area contributed by atoms with E-state index in [0.717, 1.165) is 11.8 Å². The van der Waals surface area contributed by atoms with Crippen molar-refractivity contribution in [2.45, 2.75) is 12.8 Å². The van der Waals surface area contributed by atoms with Crippen LogP contribution in [0.1, 0.15) is 24.1 Å². The van der Waals surface area contributed by atoms with Gasteiger partial charge in [-0.1, -0.05) is 19.1 Å². The van der Waals surface area contributed by atoms with Crippen LogP contribution in [0.2, 0.25) is 0 Å². The average Bonchev–Trinajstić information content (AvgIpc) is 2.74. The van der Waals surface area contributed by atoms with Crippen LogP contribution in [0.3, 0.4) is 0 Å². The Morgan fingerprint density at radius 1 is 1.33 bits per heavy atom. The van der Waals surface area contributed by atoms with Gasteiger partial charge in [-0.05, 0) is 11.6 Å². The van der Waals surface area contributed by atoms with Gasteiger partial charge in [-0.25, -0.2) is 13.8 Å². The summed E-state index contributed by atoms with van der Waals surface area (Å²) < 4.78 is 26.4. The molecule has 0 bridgehead atoms. The zero-order chi connectivity index (χ0) is 10.8. The smallest absolute Gasteiger partial charge is 0.162 e. The van der Waals surface area contributed by atoms with E-state index in [1.54, 1.807) is 19.2 Å². The second-order valence-electron chi connectivity index (χ2n) is 3.37. The van der Waals surface area contributed by atoms with Gasteiger partial charge in [-0.3, -0.25) is 0 Å². The van der Waals surface area contributed by atoms with Gasteiger partial charge in [0.05, 0.1) is 6.33 Å². The summed E-state index contributed by atoms with van der Waals surface area (Å²) in [6.07, 6.45) is 3.12. The maximum atomic E-state index is 13.4. The Bertz CT molecular complexity index is 452. The highest BCUT2D eigenvalue weighted by Crippen LogP contribution is 2.25. The topological polar surface area (TPSA) is 28.7 Å². The zero-order valence-corrected chi connectivity index (χ0v) is 8.17. The molecule has 0 unspecified atom stereocenters. The van der Waals surface area contributed by atoms with Crippen molar-refractivity contribution in [2.24, 2.45) is 0 Å². The molecule has 1 heterocycles. The Balaban J connectivity index is 2.42. The number of aromatic nitrogens is 2. The van der Waals surface area contributed by atoms with E-state index >= 15 is 0 Å². The second kappa shape index (κ2) is 3.81. The molecule has 1 aromatic carbocycles. The van der Waals surface area contributed by atoms with E-state index < -0.39 is 11.6 Å². The first-order valence-corrected chi connectivity index (χ1v) is 4.62. The van der Waals surface area contributed by atoms with E-state index in [-0.39, 0.29) is 5.92 Å². The number of H-pyrrole nitrogens is 1. The molecular formula is C11H10F2N2. The van der Waals surface area contributed by atoms with Crippen molar-refractivity contribution >= 4 is 0 Å². The molecule has 15 heavy (non-hydrogen) atoms. The maximum Gasteiger partial charge on any atom is 0.162 e. The Labute approximate surface area is 86.0 Å². The highest BCUT2D eigenvalue weighted by molar-refractivity contribution is 5.28. The minimum absolute atomic E-state index is 0.233. The molecule has 0 spiro atoms. The minimum Gasteiger partial charge on any atom is -0.348 e. The number of hydrogen-bond donors (Lipinski definition) is 1. The first-order valence-electron chi connectivity index (χ1n) is 4.62. The molecular weight excluding hydrogens is 198 g/mol. The second-order valence-corrected chi connectivity index (χ2v) is 3.37. The number of nitrogens with zero attached hydrogens (tertiary/aromatic N) is 1. The molecule has 0 saturated carbocycles. The van der Waals surface area contributed by atoms with Gasteiger partial charge >= 0.3 is 0 Å². The lowest BCUT2D eigenvalue weighted by molar-refractivity contribution is 0.495. The molecule has 1 aromatic heterocycles. The molecule has 0 aliphatic heterocycles. The molecule has 78 valence electrons. The van der Waals surface area contributed by atoms with Gasteiger partial charge in [-0.15, -0.1) is 0 Å². The van der Waals surface area contributed by atoms with Gasteiger partial charge in [0.2, 0.25) is 0 Å². The Morgan fingerprint density at radius 3 is 2.80 bits per heavy atom. The van der Waals surface area contributed by atoms with Crippen LogP contribution in [0.25, 0.3) is 0 Å². The van der Waals surface area contributed by atoms with Crippen molar-refractivity contribution in [1.82, 2.24) is 9.97 Å². The fourth-order valence-electron chi connectivity index (χ4n) is 1.53. The van der Waals surface area contributed by atoms with Crippen LogP contribution < -0.4 is 0 Å². The molecule has 0 aliphatic rings. The molecule has 1 N–H and O–H groups in total. The molecule has 2 aromatic rings. The van der Waals surface area contributed by atoms with Crippen LogP contribution in [-0.2, 0) is 0 Å². The summed E-state index contributed by atoms with van der Waals surface area (Å²) in [6.45, 7) is 1.80. The monoisotopic (exact) mass is 208 g/mol. The lowest BCUT2D eigenvalue weighted by Gasteiger charge is -2.10. The van der Waals surface area contributed by atoms with Crippen LogP contribution in [0, 0.1) is 11.6 Å². The third-order valence-electron chi connectivity index (χ3n) is 2.43. The fourth-order valence-corrected chi connectivity index (χ4v) is 1.53. The lowest BCUT2D eigenvalue weighted by Crippen LogP contribution is -2.01. The van der Waals surface area contributed by atoms with Gasteiger partial charge in [-0.2, -0.15) is 0 Å². The van der Waals surface area contributed by atoms with E-state index in [1.807, 2.05) is 0 Å². The first-order chi connectivity index (χ1) is 7.20. The Morgan fingerprint density at radius 2 is 2.13 bits per heavy atom. The van der Waals surface area contributed by atoms with Gasteiger partial charge in [0.15, 0.2) is 11.6 Å². The van der Waals surface area contributed by atoms with Crippen molar-refractivity contribution in [1.29, 1.82) is 0 Å². The third kappa shape index (κ3) is 1.75. The molecule has 0 saturated heterocycles. The molecule has 4 heteroatoms.